The molecule has 0 aliphatic rings. The third-order valence-electron chi connectivity index (χ3n) is 2.11. The molecule has 0 rings (SSSR count). The van der Waals surface area contributed by atoms with Gasteiger partial charge >= 0.3 is 0 Å². The average Bonchev–Trinajstić information content (AvgIpc) is 2.18. The van der Waals surface area contributed by atoms with Gasteiger partial charge in [0.05, 0.1) is 12.7 Å². The standard InChI is InChI=1S/C10H24N2O2/c1-3-9(2)7-14-8-10(13)6-12-5-4-11/h9-10,12-13H,3-8,11H2,1-2H3/t9-,10+/m1/s1. The van der Waals surface area contributed by atoms with Gasteiger partial charge in [-0.1, -0.05) is 20.3 Å². The van der Waals surface area contributed by atoms with E-state index in [2.05, 4.69) is 19.2 Å². The Labute approximate surface area is 86.8 Å². The second-order valence-corrected chi connectivity index (χ2v) is 3.70. The van der Waals surface area contributed by atoms with Crippen molar-refractivity contribution in [1.29, 1.82) is 0 Å². The minimum Gasteiger partial charge on any atom is -0.389 e. The van der Waals surface area contributed by atoms with Gasteiger partial charge in [0.2, 0.25) is 0 Å². The van der Waals surface area contributed by atoms with E-state index in [1.807, 2.05) is 0 Å². The van der Waals surface area contributed by atoms with Crippen LogP contribution in [-0.4, -0.2) is 44.1 Å². The summed E-state index contributed by atoms with van der Waals surface area (Å²) in [6.45, 7) is 7.29. The van der Waals surface area contributed by atoms with Gasteiger partial charge in [-0.2, -0.15) is 0 Å². The van der Waals surface area contributed by atoms with E-state index in [9.17, 15) is 5.11 Å². The van der Waals surface area contributed by atoms with Crippen LogP contribution in [0.25, 0.3) is 0 Å². The van der Waals surface area contributed by atoms with Gasteiger partial charge in [-0.25, -0.2) is 0 Å². The van der Waals surface area contributed by atoms with E-state index in [1.165, 1.54) is 0 Å². The summed E-state index contributed by atoms with van der Waals surface area (Å²) in [5, 5.41) is 12.5. The fraction of sp³-hybridized carbons (Fsp3) is 1.00. The summed E-state index contributed by atoms with van der Waals surface area (Å²) in [5.41, 5.74) is 5.30. The first kappa shape index (κ1) is 13.8. The summed E-state index contributed by atoms with van der Waals surface area (Å²) in [6, 6.07) is 0. The maximum absolute atomic E-state index is 9.43. The summed E-state index contributed by atoms with van der Waals surface area (Å²) < 4.78 is 5.36. The van der Waals surface area contributed by atoms with Crippen LogP contribution in [0.4, 0.5) is 0 Å². The molecular formula is C10H24N2O2. The van der Waals surface area contributed by atoms with Crippen molar-refractivity contribution < 1.29 is 9.84 Å². The van der Waals surface area contributed by atoms with Gasteiger partial charge in [0.15, 0.2) is 0 Å². The van der Waals surface area contributed by atoms with E-state index in [0.29, 0.717) is 25.6 Å². The van der Waals surface area contributed by atoms with Gasteiger partial charge in [0.1, 0.15) is 0 Å². The Morgan fingerprint density at radius 1 is 1.43 bits per heavy atom. The van der Waals surface area contributed by atoms with Crippen LogP contribution in [0.1, 0.15) is 20.3 Å². The first-order chi connectivity index (χ1) is 6.70. The SMILES string of the molecule is CC[C@@H](C)COC[C@@H](O)CNCCN. The Morgan fingerprint density at radius 2 is 2.14 bits per heavy atom. The molecule has 86 valence electrons. The maximum Gasteiger partial charge on any atom is 0.0897 e. The molecule has 0 aromatic heterocycles. The lowest BCUT2D eigenvalue weighted by Gasteiger charge is -2.14. The Kier molecular flexibility index (Phi) is 9.29. The number of hydrogen-bond acceptors (Lipinski definition) is 4. The molecule has 14 heavy (non-hydrogen) atoms. The van der Waals surface area contributed by atoms with Crippen molar-refractivity contribution in [2.75, 3.05) is 32.8 Å². The van der Waals surface area contributed by atoms with Crippen LogP contribution in [-0.2, 0) is 4.74 Å². The third kappa shape index (κ3) is 8.44. The van der Waals surface area contributed by atoms with Gasteiger partial charge in [-0.15, -0.1) is 0 Å². The fourth-order valence-corrected chi connectivity index (χ4v) is 0.953. The maximum atomic E-state index is 9.43. The Hall–Kier alpha value is -0.160. The van der Waals surface area contributed by atoms with Crippen molar-refractivity contribution in [2.24, 2.45) is 11.7 Å². The van der Waals surface area contributed by atoms with Crippen molar-refractivity contribution in [3.8, 4) is 0 Å². The summed E-state index contributed by atoms with van der Waals surface area (Å²) in [6.07, 6.45) is 0.687. The molecule has 4 N–H and O–H groups in total. The number of rotatable bonds is 9. The summed E-state index contributed by atoms with van der Waals surface area (Å²) in [4.78, 5) is 0. The second kappa shape index (κ2) is 9.40. The number of aliphatic hydroxyl groups excluding tert-OH is 1. The summed E-state index contributed by atoms with van der Waals surface area (Å²) >= 11 is 0. The normalized spacial score (nSPS) is 15.4. The van der Waals surface area contributed by atoms with Crippen LogP contribution in [0.15, 0.2) is 0 Å². The molecule has 0 aliphatic carbocycles. The highest BCUT2D eigenvalue weighted by molar-refractivity contribution is 4.58. The molecule has 0 radical (unpaired) electrons. The lowest BCUT2D eigenvalue weighted by Crippen LogP contribution is -2.33. The Bertz CT molecular complexity index is 123. The second-order valence-electron chi connectivity index (χ2n) is 3.70. The number of aliphatic hydroxyl groups is 1. The van der Waals surface area contributed by atoms with E-state index in [-0.39, 0.29) is 0 Å². The predicted molar refractivity (Wildman–Crippen MR) is 58.2 cm³/mol. The molecule has 2 atom stereocenters. The minimum absolute atomic E-state index is 0.405. The number of hydrogen-bond donors (Lipinski definition) is 3. The van der Waals surface area contributed by atoms with E-state index < -0.39 is 6.10 Å². The molecule has 4 nitrogen and oxygen atoms in total. The van der Waals surface area contributed by atoms with Gasteiger partial charge in [0.25, 0.3) is 0 Å². The third-order valence-corrected chi connectivity index (χ3v) is 2.11. The zero-order chi connectivity index (χ0) is 10.8. The van der Waals surface area contributed by atoms with Crippen LogP contribution in [0.5, 0.6) is 0 Å². The highest BCUT2D eigenvalue weighted by atomic mass is 16.5. The van der Waals surface area contributed by atoms with Gasteiger partial charge in [-0.05, 0) is 5.92 Å². The molecule has 0 saturated heterocycles. The minimum atomic E-state index is -0.425. The molecule has 0 heterocycles. The van der Waals surface area contributed by atoms with Crippen LogP contribution in [0.2, 0.25) is 0 Å². The van der Waals surface area contributed by atoms with Crippen LogP contribution in [0.3, 0.4) is 0 Å². The highest BCUT2D eigenvalue weighted by Crippen LogP contribution is 2.00. The zero-order valence-electron chi connectivity index (χ0n) is 9.33. The molecule has 4 heteroatoms. The lowest BCUT2D eigenvalue weighted by molar-refractivity contribution is 0.0236. The quantitative estimate of drug-likeness (QED) is 0.461. The van der Waals surface area contributed by atoms with E-state index in [1.54, 1.807) is 0 Å². The first-order valence-corrected chi connectivity index (χ1v) is 5.37. The van der Waals surface area contributed by atoms with Crippen LogP contribution < -0.4 is 11.1 Å². The fourth-order valence-electron chi connectivity index (χ4n) is 0.953. The number of ether oxygens (including phenoxy) is 1. The molecule has 0 unspecified atom stereocenters. The molecule has 0 spiro atoms. The first-order valence-electron chi connectivity index (χ1n) is 5.37. The number of nitrogens with two attached hydrogens (primary N) is 1. The molecule has 0 amide bonds. The van der Waals surface area contributed by atoms with Crippen molar-refractivity contribution in [3.05, 3.63) is 0 Å². The van der Waals surface area contributed by atoms with Gasteiger partial charge in [0, 0.05) is 26.2 Å². The average molecular weight is 204 g/mol. The molecular weight excluding hydrogens is 180 g/mol. The molecule has 0 aromatic carbocycles. The Morgan fingerprint density at radius 3 is 2.71 bits per heavy atom. The van der Waals surface area contributed by atoms with Gasteiger partial charge in [-0.3, -0.25) is 0 Å². The van der Waals surface area contributed by atoms with E-state index >= 15 is 0 Å². The summed E-state index contributed by atoms with van der Waals surface area (Å²) in [7, 11) is 0. The van der Waals surface area contributed by atoms with E-state index in [0.717, 1.165) is 19.6 Å². The molecule has 0 saturated carbocycles. The zero-order valence-corrected chi connectivity index (χ0v) is 9.33. The van der Waals surface area contributed by atoms with Crippen molar-refractivity contribution >= 4 is 0 Å². The largest absolute Gasteiger partial charge is 0.389 e. The molecule has 0 aliphatic heterocycles. The highest BCUT2D eigenvalue weighted by Gasteiger charge is 2.04. The van der Waals surface area contributed by atoms with Crippen LogP contribution >= 0.6 is 0 Å². The van der Waals surface area contributed by atoms with Crippen molar-refractivity contribution in [3.63, 3.8) is 0 Å². The molecule has 0 bridgehead atoms. The number of nitrogens with one attached hydrogen (secondary N) is 1. The topological polar surface area (TPSA) is 67.5 Å². The smallest absolute Gasteiger partial charge is 0.0897 e. The van der Waals surface area contributed by atoms with E-state index in [4.69, 9.17) is 10.5 Å². The van der Waals surface area contributed by atoms with Gasteiger partial charge < -0.3 is 20.9 Å². The molecule has 0 fully saturated rings. The van der Waals surface area contributed by atoms with Crippen LogP contribution in [0, 0.1) is 5.92 Å². The summed E-state index contributed by atoms with van der Waals surface area (Å²) in [5.74, 6) is 0.569. The Balaban J connectivity index is 3.21. The predicted octanol–water partition coefficient (Wildman–Crippen LogP) is -0.0417. The van der Waals surface area contributed by atoms with Crippen molar-refractivity contribution in [2.45, 2.75) is 26.4 Å². The monoisotopic (exact) mass is 204 g/mol. The van der Waals surface area contributed by atoms with Crippen molar-refractivity contribution in [1.82, 2.24) is 5.32 Å². The lowest BCUT2D eigenvalue weighted by atomic mass is 10.1. The molecule has 0 aromatic rings.